The van der Waals surface area contributed by atoms with Crippen molar-refractivity contribution in [2.24, 2.45) is 0 Å². The number of rotatable bonds is 7. The van der Waals surface area contributed by atoms with E-state index in [4.69, 9.17) is 9.47 Å². The second-order valence-corrected chi connectivity index (χ2v) is 7.19. The number of aromatic nitrogens is 2. The summed E-state index contributed by atoms with van der Waals surface area (Å²) < 4.78 is 26.4. The van der Waals surface area contributed by atoms with Crippen molar-refractivity contribution < 1.29 is 18.7 Å². The van der Waals surface area contributed by atoms with Crippen LogP contribution in [0.3, 0.4) is 0 Å². The Morgan fingerprint density at radius 2 is 1.93 bits per heavy atom. The number of carbonyl (C=O) groups excluding carboxylic acids is 1. The van der Waals surface area contributed by atoms with E-state index in [-0.39, 0.29) is 11.7 Å². The molecule has 0 saturated carbocycles. The third-order valence-corrected chi connectivity index (χ3v) is 5.37. The molecule has 30 heavy (non-hydrogen) atoms. The average Bonchev–Trinajstić information content (AvgIpc) is 3.37. The van der Waals surface area contributed by atoms with Gasteiger partial charge < -0.3 is 14.8 Å². The molecule has 3 aromatic rings. The summed E-state index contributed by atoms with van der Waals surface area (Å²) in [5.74, 6) is 0.737. The summed E-state index contributed by atoms with van der Waals surface area (Å²) in [5.41, 5.74) is 3.63. The molecule has 2 aromatic carbocycles. The topological polar surface area (TPSA) is 65.4 Å². The van der Waals surface area contributed by atoms with E-state index in [1.165, 1.54) is 6.07 Å². The molecular weight excluding hydrogens is 385 g/mol. The zero-order chi connectivity index (χ0) is 21.1. The molecule has 0 bridgehead atoms. The van der Waals surface area contributed by atoms with Gasteiger partial charge in [-0.05, 0) is 55.5 Å². The van der Waals surface area contributed by atoms with Crippen LogP contribution in [0.4, 0.5) is 4.39 Å². The van der Waals surface area contributed by atoms with Gasteiger partial charge in [0, 0.05) is 17.8 Å². The van der Waals surface area contributed by atoms with Crippen LogP contribution < -0.4 is 14.8 Å². The van der Waals surface area contributed by atoms with Crippen molar-refractivity contribution in [3.8, 4) is 17.2 Å². The maximum absolute atomic E-state index is 14.3. The second-order valence-electron chi connectivity index (χ2n) is 7.19. The van der Waals surface area contributed by atoms with Gasteiger partial charge in [0.25, 0.3) is 5.91 Å². The minimum Gasteiger partial charge on any atom is -0.493 e. The largest absolute Gasteiger partial charge is 0.493 e. The van der Waals surface area contributed by atoms with Crippen LogP contribution in [0.15, 0.2) is 42.5 Å². The predicted molar refractivity (Wildman–Crippen MR) is 111 cm³/mol. The molecule has 6 nitrogen and oxygen atoms in total. The summed E-state index contributed by atoms with van der Waals surface area (Å²) in [6.45, 7) is 0.454. The summed E-state index contributed by atoms with van der Waals surface area (Å²) in [4.78, 5) is 12.8. The summed E-state index contributed by atoms with van der Waals surface area (Å²) in [5, 5.41) is 7.41. The van der Waals surface area contributed by atoms with Crippen LogP contribution in [-0.2, 0) is 19.3 Å². The minimum atomic E-state index is -0.352. The molecular formula is C23H24FN3O3. The molecule has 1 aliphatic rings. The highest BCUT2D eigenvalue weighted by molar-refractivity contribution is 5.94. The molecule has 0 spiro atoms. The number of nitrogens with zero attached hydrogens (tertiary/aromatic N) is 2. The number of hydrogen-bond acceptors (Lipinski definition) is 4. The molecule has 4 rings (SSSR count). The first kappa shape index (κ1) is 19.9. The Labute approximate surface area is 174 Å². The van der Waals surface area contributed by atoms with Crippen LogP contribution in [0, 0.1) is 5.82 Å². The van der Waals surface area contributed by atoms with Crippen LogP contribution in [0.2, 0.25) is 0 Å². The zero-order valence-electron chi connectivity index (χ0n) is 17.1. The maximum Gasteiger partial charge on any atom is 0.272 e. The first-order valence-corrected chi connectivity index (χ1v) is 9.97. The summed E-state index contributed by atoms with van der Waals surface area (Å²) in [7, 11) is 3.19. The second kappa shape index (κ2) is 8.57. The van der Waals surface area contributed by atoms with E-state index in [2.05, 4.69) is 10.4 Å². The van der Waals surface area contributed by atoms with Crippen molar-refractivity contribution in [3.05, 3.63) is 70.8 Å². The van der Waals surface area contributed by atoms with Gasteiger partial charge in [0.05, 0.1) is 14.2 Å². The number of ether oxygens (including phenoxy) is 2. The van der Waals surface area contributed by atoms with Crippen LogP contribution >= 0.6 is 0 Å². The first-order chi connectivity index (χ1) is 14.6. The number of amides is 1. The monoisotopic (exact) mass is 409 g/mol. The first-order valence-electron chi connectivity index (χ1n) is 9.97. The molecule has 1 heterocycles. The number of para-hydroxylation sites is 1. The van der Waals surface area contributed by atoms with Gasteiger partial charge in [-0.3, -0.25) is 4.79 Å². The number of carbonyl (C=O) groups is 1. The highest BCUT2D eigenvalue weighted by atomic mass is 19.1. The molecule has 1 N–H and O–H groups in total. The fourth-order valence-corrected chi connectivity index (χ4v) is 3.88. The van der Waals surface area contributed by atoms with E-state index in [9.17, 15) is 9.18 Å². The van der Waals surface area contributed by atoms with E-state index < -0.39 is 0 Å². The average molecular weight is 409 g/mol. The summed E-state index contributed by atoms with van der Waals surface area (Å²) in [6.07, 6.45) is 3.15. The molecule has 0 radical (unpaired) electrons. The lowest BCUT2D eigenvalue weighted by atomic mass is 10.1. The third-order valence-electron chi connectivity index (χ3n) is 5.37. The Morgan fingerprint density at radius 3 is 2.70 bits per heavy atom. The normalized spacial score (nSPS) is 12.5. The predicted octanol–water partition coefficient (Wildman–Crippen LogP) is 3.49. The van der Waals surface area contributed by atoms with Gasteiger partial charge in [0.15, 0.2) is 17.2 Å². The lowest BCUT2D eigenvalue weighted by Crippen LogP contribution is -2.27. The lowest BCUT2D eigenvalue weighted by Gasteiger charge is -2.10. The zero-order valence-corrected chi connectivity index (χ0v) is 17.1. The van der Waals surface area contributed by atoms with Crippen LogP contribution in [0.25, 0.3) is 5.69 Å². The fourth-order valence-electron chi connectivity index (χ4n) is 3.88. The van der Waals surface area contributed by atoms with Crippen molar-refractivity contribution >= 4 is 5.91 Å². The van der Waals surface area contributed by atoms with Crippen molar-refractivity contribution in [2.45, 2.75) is 25.7 Å². The number of methoxy groups -OCH3 is 2. The van der Waals surface area contributed by atoms with Gasteiger partial charge in [-0.15, -0.1) is 0 Å². The van der Waals surface area contributed by atoms with Gasteiger partial charge >= 0.3 is 0 Å². The smallest absolute Gasteiger partial charge is 0.272 e. The van der Waals surface area contributed by atoms with Crippen molar-refractivity contribution in [1.29, 1.82) is 0 Å². The van der Waals surface area contributed by atoms with Gasteiger partial charge in [-0.1, -0.05) is 18.2 Å². The molecule has 1 aliphatic carbocycles. The lowest BCUT2D eigenvalue weighted by molar-refractivity contribution is 0.0948. The Morgan fingerprint density at radius 1 is 1.13 bits per heavy atom. The molecule has 0 fully saturated rings. The van der Waals surface area contributed by atoms with E-state index in [1.54, 1.807) is 37.1 Å². The van der Waals surface area contributed by atoms with Crippen molar-refractivity contribution in [1.82, 2.24) is 15.1 Å². The fraction of sp³-hybridized carbons (Fsp3) is 0.304. The Hall–Kier alpha value is -3.35. The standard InChI is InChI=1S/C23H24FN3O3/c1-29-20-11-10-15(14-21(20)30-2)12-13-25-23(28)22-16-6-5-9-18(16)27(26-22)19-8-4-3-7-17(19)24/h3-4,7-8,10-11,14H,5-6,9,12-13H2,1-2H3,(H,25,28). The third kappa shape index (κ3) is 3.75. The number of halogens is 1. The number of hydrogen-bond donors (Lipinski definition) is 1. The summed E-state index contributed by atoms with van der Waals surface area (Å²) >= 11 is 0. The van der Waals surface area contributed by atoms with E-state index in [1.807, 2.05) is 18.2 Å². The molecule has 156 valence electrons. The van der Waals surface area contributed by atoms with Crippen LogP contribution in [0.1, 0.15) is 33.7 Å². The SMILES string of the molecule is COc1ccc(CCNC(=O)c2nn(-c3ccccc3F)c3c2CCC3)cc1OC. The number of fused-ring (bicyclic) bond motifs is 1. The Bertz CT molecular complexity index is 1080. The molecule has 0 saturated heterocycles. The molecule has 0 atom stereocenters. The molecule has 0 unspecified atom stereocenters. The molecule has 1 aromatic heterocycles. The van der Waals surface area contributed by atoms with Crippen LogP contribution in [0.5, 0.6) is 11.5 Å². The number of benzene rings is 2. The number of nitrogens with one attached hydrogen (secondary N) is 1. The van der Waals surface area contributed by atoms with Gasteiger partial charge in [0.2, 0.25) is 0 Å². The Kier molecular flexibility index (Phi) is 5.70. The van der Waals surface area contributed by atoms with Gasteiger partial charge in [0.1, 0.15) is 11.5 Å². The van der Waals surface area contributed by atoms with Crippen LogP contribution in [-0.4, -0.2) is 36.5 Å². The maximum atomic E-state index is 14.3. The van der Waals surface area contributed by atoms with E-state index in [0.717, 1.165) is 36.1 Å². The molecule has 1 amide bonds. The highest BCUT2D eigenvalue weighted by Crippen LogP contribution is 2.29. The Balaban J connectivity index is 1.48. The summed E-state index contributed by atoms with van der Waals surface area (Å²) in [6, 6.07) is 12.2. The van der Waals surface area contributed by atoms with E-state index >= 15 is 0 Å². The van der Waals surface area contributed by atoms with Crippen molar-refractivity contribution in [2.75, 3.05) is 20.8 Å². The van der Waals surface area contributed by atoms with Gasteiger partial charge in [-0.2, -0.15) is 5.10 Å². The van der Waals surface area contributed by atoms with E-state index in [0.29, 0.717) is 35.8 Å². The van der Waals surface area contributed by atoms with Gasteiger partial charge in [-0.25, -0.2) is 9.07 Å². The molecule has 0 aliphatic heterocycles. The quantitative estimate of drug-likeness (QED) is 0.649. The molecule has 7 heteroatoms. The highest BCUT2D eigenvalue weighted by Gasteiger charge is 2.27. The van der Waals surface area contributed by atoms with Crippen molar-refractivity contribution in [3.63, 3.8) is 0 Å². The minimum absolute atomic E-state index is 0.233.